The van der Waals surface area contributed by atoms with Gasteiger partial charge in [-0.25, -0.2) is 4.98 Å². The Morgan fingerprint density at radius 2 is 1.76 bits per heavy atom. The van der Waals surface area contributed by atoms with Crippen molar-refractivity contribution in [1.29, 1.82) is 0 Å². The van der Waals surface area contributed by atoms with Gasteiger partial charge in [-0.15, -0.1) is 0 Å². The first-order chi connectivity index (χ1) is 17.9. The van der Waals surface area contributed by atoms with Gasteiger partial charge in [-0.05, 0) is 48.9 Å². The molecule has 9 heteroatoms. The lowest BCUT2D eigenvalue weighted by atomic mass is 10.1. The third-order valence-electron chi connectivity index (χ3n) is 5.75. The highest BCUT2D eigenvalue weighted by Gasteiger charge is 2.22. The quantitative estimate of drug-likeness (QED) is 0.289. The molecule has 0 aliphatic rings. The molecule has 190 valence electrons. The van der Waals surface area contributed by atoms with E-state index < -0.39 is 5.91 Å². The number of nitrogens with zero attached hydrogens (tertiary/aromatic N) is 3. The van der Waals surface area contributed by atoms with Crippen molar-refractivity contribution in [2.75, 3.05) is 32.1 Å². The standard InChI is InChI=1S/C28H26Cl2N4O3/c1-19-6-3-4-9-24(19)27(36)33(14-15-37-2)18-26(35)32-28-31-25(20-10-12-21(29)13-11-20)17-34(28)23-8-5-7-22(30)16-23/h3-13,16-17H,14-15,18H2,1-2H3,(H,31,32,35). The minimum Gasteiger partial charge on any atom is -0.383 e. The molecule has 4 aromatic rings. The molecule has 0 aliphatic carbocycles. The van der Waals surface area contributed by atoms with E-state index in [0.717, 1.165) is 16.8 Å². The number of hydrogen-bond donors (Lipinski definition) is 1. The van der Waals surface area contributed by atoms with Gasteiger partial charge in [-0.2, -0.15) is 0 Å². The van der Waals surface area contributed by atoms with Gasteiger partial charge >= 0.3 is 0 Å². The average molecular weight is 537 g/mol. The van der Waals surface area contributed by atoms with Crippen LogP contribution in [0.25, 0.3) is 16.9 Å². The lowest BCUT2D eigenvalue weighted by molar-refractivity contribution is -0.117. The number of rotatable bonds is 9. The summed E-state index contributed by atoms with van der Waals surface area (Å²) in [6.07, 6.45) is 1.81. The van der Waals surface area contributed by atoms with Gasteiger partial charge in [0.25, 0.3) is 5.91 Å². The minimum atomic E-state index is -0.394. The number of amides is 2. The van der Waals surface area contributed by atoms with Crippen LogP contribution in [0.3, 0.4) is 0 Å². The first kappa shape index (κ1) is 26.4. The molecule has 1 aromatic heterocycles. The van der Waals surface area contributed by atoms with Gasteiger partial charge in [0, 0.05) is 46.7 Å². The Balaban J connectivity index is 1.62. The number of carbonyl (C=O) groups is 2. The molecule has 0 spiro atoms. The normalized spacial score (nSPS) is 10.8. The third-order valence-corrected chi connectivity index (χ3v) is 6.23. The van der Waals surface area contributed by atoms with E-state index in [4.69, 9.17) is 27.9 Å². The number of methoxy groups -OCH3 is 1. The van der Waals surface area contributed by atoms with Crippen LogP contribution in [0.5, 0.6) is 0 Å². The van der Waals surface area contributed by atoms with Crippen LogP contribution in [0.2, 0.25) is 10.0 Å². The molecule has 0 fully saturated rings. The highest BCUT2D eigenvalue weighted by atomic mass is 35.5. The number of hydrogen-bond acceptors (Lipinski definition) is 4. The fraction of sp³-hybridized carbons (Fsp3) is 0.179. The van der Waals surface area contributed by atoms with Crippen LogP contribution >= 0.6 is 23.2 Å². The second-order valence-electron chi connectivity index (χ2n) is 8.39. The van der Waals surface area contributed by atoms with Crippen LogP contribution in [0.1, 0.15) is 15.9 Å². The predicted octanol–water partition coefficient (Wildman–Crippen LogP) is 5.88. The van der Waals surface area contributed by atoms with Crippen molar-refractivity contribution in [1.82, 2.24) is 14.5 Å². The van der Waals surface area contributed by atoms with Gasteiger partial charge in [0.05, 0.1) is 12.3 Å². The highest BCUT2D eigenvalue weighted by molar-refractivity contribution is 6.31. The summed E-state index contributed by atoms with van der Waals surface area (Å²) in [4.78, 5) is 32.6. The summed E-state index contributed by atoms with van der Waals surface area (Å²) >= 11 is 12.3. The zero-order valence-corrected chi connectivity index (χ0v) is 22.0. The molecule has 4 rings (SSSR count). The van der Waals surface area contributed by atoms with E-state index in [1.165, 1.54) is 4.90 Å². The van der Waals surface area contributed by atoms with Crippen LogP contribution in [0, 0.1) is 6.92 Å². The summed E-state index contributed by atoms with van der Waals surface area (Å²) in [6, 6.07) is 21.8. The summed E-state index contributed by atoms with van der Waals surface area (Å²) in [5, 5.41) is 4.03. The Labute approximate surface area is 225 Å². The Morgan fingerprint density at radius 1 is 1.00 bits per heavy atom. The number of anilines is 1. The van der Waals surface area contributed by atoms with Crippen LogP contribution in [-0.4, -0.2) is 53.1 Å². The Bertz CT molecular complexity index is 1400. The van der Waals surface area contributed by atoms with Crippen molar-refractivity contribution in [2.24, 2.45) is 0 Å². The van der Waals surface area contributed by atoms with Crippen LogP contribution in [0.4, 0.5) is 5.95 Å². The molecular weight excluding hydrogens is 511 g/mol. The second-order valence-corrected chi connectivity index (χ2v) is 9.26. The van der Waals surface area contributed by atoms with E-state index in [1.54, 1.807) is 48.1 Å². The largest absolute Gasteiger partial charge is 0.383 e. The minimum absolute atomic E-state index is 0.171. The maximum atomic E-state index is 13.2. The lowest BCUT2D eigenvalue weighted by Crippen LogP contribution is -2.40. The van der Waals surface area contributed by atoms with Crippen molar-refractivity contribution in [3.05, 3.63) is 100 Å². The fourth-order valence-corrected chi connectivity index (χ4v) is 4.14. The van der Waals surface area contributed by atoms with E-state index in [9.17, 15) is 9.59 Å². The number of ether oxygens (including phenoxy) is 1. The van der Waals surface area contributed by atoms with Gasteiger partial charge in [0.1, 0.15) is 6.54 Å². The maximum Gasteiger partial charge on any atom is 0.254 e. The third kappa shape index (κ3) is 6.57. The van der Waals surface area contributed by atoms with E-state index in [-0.39, 0.29) is 19.0 Å². The van der Waals surface area contributed by atoms with Crippen molar-refractivity contribution in [2.45, 2.75) is 6.92 Å². The first-order valence-corrected chi connectivity index (χ1v) is 12.4. The van der Waals surface area contributed by atoms with E-state index in [2.05, 4.69) is 10.3 Å². The number of nitrogens with one attached hydrogen (secondary N) is 1. The molecule has 0 bridgehead atoms. The van der Waals surface area contributed by atoms with Crippen molar-refractivity contribution < 1.29 is 14.3 Å². The number of benzene rings is 3. The fourth-order valence-electron chi connectivity index (χ4n) is 3.83. The molecular formula is C28H26Cl2N4O3. The highest BCUT2D eigenvalue weighted by Crippen LogP contribution is 2.26. The molecule has 0 atom stereocenters. The van der Waals surface area contributed by atoms with E-state index in [1.807, 2.05) is 49.5 Å². The Morgan fingerprint density at radius 3 is 2.46 bits per heavy atom. The van der Waals surface area contributed by atoms with Gasteiger partial charge in [-0.1, -0.05) is 59.6 Å². The summed E-state index contributed by atoms with van der Waals surface area (Å²) in [5.41, 5.74) is 3.57. The second kappa shape index (κ2) is 12.1. The smallest absolute Gasteiger partial charge is 0.254 e. The number of imidazole rings is 1. The van der Waals surface area contributed by atoms with Gasteiger partial charge in [0.15, 0.2) is 0 Å². The van der Waals surface area contributed by atoms with Crippen molar-refractivity contribution in [3.63, 3.8) is 0 Å². The zero-order valence-electron chi connectivity index (χ0n) is 20.4. The molecule has 0 saturated heterocycles. The van der Waals surface area contributed by atoms with Crippen LogP contribution in [0.15, 0.2) is 79.0 Å². The molecule has 1 heterocycles. The topological polar surface area (TPSA) is 76.5 Å². The summed E-state index contributed by atoms with van der Waals surface area (Å²) in [7, 11) is 1.55. The lowest BCUT2D eigenvalue weighted by Gasteiger charge is -2.22. The van der Waals surface area contributed by atoms with Gasteiger partial charge in [-0.3, -0.25) is 19.5 Å². The van der Waals surface area contributed by atoms with Crippen molar-refractivity contribution in [3.8, 4) is 16.9 Å². The summed E-state index contributed by atoms with van der Waals surface area (Å²) in [6.45, 7) is 2.25. The molecule has 0 saturated carbocycles. The number of halogens is 2. The monoisotopic (exact) mass is 536 g/mol. The maximum absolute atomic E-state index is 13.2. The predicted molar refractivity (Wildman–Crippen MR) is 147 cm³/mol. The Kier molecular flexibility index (Phi) is 8.61. The molecule has 3 aromatic carbocycles. The molecule has 0 radical (unpaired) electrons. The van der Waals surface area contributed by atoms with Crippen LogP contribution < -0.4 is 5.32 Å². The molecule has 0 unspecified atom stereocenters. The molecule has 37 heavy (non-hydrogen) atoms. The number of aryl methyl sites for hydroxylation is 1. The molecule has 1 N–H and O–H groups in total. The van der Waals surface area contributed by atoms with E-state index in [0.29, 0.717) is 33.9 Å². The average Bonchev–Trinajstić information content (AvgIpc) is 3.30. The Hall–Kier alpha value is -3.65. The number of aromatic nitrogens is 2. The van der Waals surface area contributed by atoms with Gasteiger partial charge in [0.2, 0.25) is 11.9 Å². The molecule has 0 aliphatic heterocycles. The summed E-state index contributed by atoms with van der Waals surface area (Å²) < 4.78 is 6.92. The SMILES string of the molecule is COCCN(CC(=O)Nc1nc(-c2ccc(Cl)cc2)cn1-c1cccc(Cl)c1)C(=O)c1ccccc1C. The van der Waals surface area contributed by atoms with Gasteiger partial charge < -0.3 is 9.64 Å². The molecule has 2 amide bonds. The van der Waals surface area contributed by atoms with Crippen LogP contribution in [-0.2, 0) is 9.53 Å². The van der Waals surface area contributed by atoms with Crippen molar-refractivity contribution >= 4 is 41.0 Å². The summed E-state index contributed by atoms with van der Waals surface area (Å²) in [5.74, 6) is -0.341. The number of carbonyl (C=O) groups excluding carboxylic acids is 2. The molecule has 7 nitrogen and oxygen atoms in total. The zero-order chi connectivity index (χ0) is 26.4. The first-order valence-electron chi connectivity index (χ1n) is 11.6. The van der Waals surface area contributed by atoms with E-state index >= 15 is 0 Å².